The van der Waals surface area contributed by atoms with Crippen molar-refractivity contribution < 1.29 is 13.0 Å². The zero-order valence-electron chi connectivity index (χ0n) is 27.7. The van der Waals surface area contributed by atoms with E-state index in [4.69, 9.17) is 9.97 Å². The number of nitrogens with one attached hydrogen (secondary N) is 1. The van der Waals surface area contributed by atoms with Gasteiger partial charge in [-0.1, -0.05) is 109 Å². The summed E-state index contributed by atoms with van der Waals surface area (Å²) in [4.78, 5) is 13.4. The minimum atomic E-state index is -4.86. The van der Waals surface area contributed by atoms with E-state index in [9.17, 15) is 13.0 Å². The van der Waals surface area contributed by atoms with Crippen LogP contribution in [0.1, 0.15) is 28.3 Å². The minimum Gasteiger partial charge on any atom is -0.355 e. The van der Waals surface area contributed by atoms with Crippen LogP contribution in [0.2, 0.25) is 0 Å². The van der Waals surface area contributed by atoms with Gasteiger partial charge in [0.15, 0.2) is 0 Å². The Morgan fingerprint density at radius 2 is 1.08 bits per heavy atom. The summed E-state index contributed by atoms with van der Waals surface area (Å²) in [7, 11) is -4.86. The van der Waals surface area contributed by atoms with Crippen LogP contribution in [0.4, 0.5) is 0 Å². The molecule has 5 heterocycles. The summed E-state index contributed by atoms with van der Waals surface area (Å²) < 4.78 is 41.1. The van der Waals surface area contributed by atoms with Gasteiger partial charge in [0.05, 0.1) is 33.8 Å². The molecule has 0 saturated carbocycles. The van der Waals surface area contributed by atoms with Crippen LogP contribution >= 0.6 is 0 Å². The van der Waals surface area contributed by atoms with Crippen LogP contribution in [0.5, 0.6) is 0 Å². The summed E-state index contributed by atoms with van der Waals surface area (Å²) in [6.45, 7) is 0. The molecule has 0 unspecified atom stereocenters. The normalized spacial score (nSPS) is 12.5. The molecule has 52 heavy (non-hydrogen) atoms. The molecule has 2 N–H and O–H groups in total. The molecule has 2 aliphatic rings. The van der Waals surface area contributed by atoms with Crippen LogP contribution in [-0.4, -0.2) is 32.5 Å². The van der Waals surface area contributed by atoms with Crippen LogP contribution in [-0.2, 0) is 10.1 Å². The summed E-state index contributed by atoms with van der Waals surface area (Å²) >= 11 is 0. The third kappa shape index (κ3) is 5.66. The van der Waals surface area contributed by atoms with Crippen molar-refractivity contribution in [1.29, 1.82) is 0 Å². The van der Waals surface area contributed by atoms with Gasteiger partial charge >= 0.3 is 0 Å². The van der Waals surface area contributed by atoms with E-state index >= 15 is 0 Å². The van der Waals surface area contributed by atoms with Crippen LogP contribution in [0, 0.1) is 0 Å². The van der Waals surface area contributed by atoms with Crippen molar-refractivity contribution in [3.63, 3.8) is 0 Å². The Hall–Kier alpha value is -6.61. The number of nitrogens with zero attached hydrogens (tertiary/aromatic N) is 3. The average Bonchev–Trinajstić information content (AvgIpc) is 3.97. The van der Waals surface area contributed by atoms with Crippen molar-refractivity contribution in [2.45, 2.75) is 4.90 Å². The molecule has 7 nitrogen and oxygen atoms in total. The number of aromatic amines is 1. The summed E-state index contributed by atoms with van der Waals surface area (Å²) in [5.74, 6) is 0. The molecule has 7 aromatic rings. The van der Waals surface area contributed by atoms with Gasteiger partial charge in [0.1, 0.15) is 4.90 Å². The Morgan fingerprint density at radius 1 is 0.558 bits per heavy atom. The molecule has 0 fully saturated rings. The van der Waals surface area contributed by atoms with Gasteiger partial charge < -0.3 is 9.55 Å². The number of hydrogen-bond donors (Lipinski definition) is 2. The molecule has 0 spiro atoms. The first-order chi connectivity index (χ1) is 25.4. The molecule has 8 bridgehead atoms. The van der Waals surface area contributed by atoms with Crippen LogP contribution in [0.25, 0.3) is 73.8 Å². The Balaban J connectivity index is 1.64. The molecule has 0 atom stereocenters. The van der Waals surface area contributed by atoms with E-state index in [1.807, 2.05) is 162 Å². The van der Waals surface area contributed by atoms with E-state index in [0.29, 0.717) is 45.0 Å². The van der Waals surface area contributed by atoms with Gasteiger partial charge in [-0.25, -0.2) is 9.97 Å². The van der Waals surface area contributed by atoms with Gasteiger partial charge in [-0.3, -0.25) is 4.55 Å². The maximum absolute atomic E-state index is 13.9. The summed E-state index contributed by atoms with van der Waals surface area (Å²) in [6, 6.07) is 48.5. The second-order valence-corrected chi connectivity index (χ2v) is 14.0. The molecule has 4 aromatic carbocycles. The van der Waals surface area contributed by atoms with E-state index in [1.54, 1.807) is 6.07 Å². The molecule has 250 valence electrons. The lowest BCUT2D eigenvalue weighted by molar-refractivity contribution is 0.484. The van der Waals surface area contributed by atoms with Crippen LogP contribution in [0.15, 0.2) is 157 Å². The van der Waals surface area contributed by atoms with Gasteiger partial charge in [0, 0.05) is 33.4 Å². The lowest BCUT2D eigenvalue weighted by Crippen LogP contribution is -2.00. The second kappa shape index (κ2) is 12.6. The maximum Gasteiger partial charge on any atom is 0.297 e. The fraction of sp³-hybridized carbons (Fsp3) is 0. The van der Waals surface area contributed by atoms with Crippen LogP contribution in [0.3, 0.4) is 0 Å². The number of H-pyrrole nitrogens is 1. The van der Waals surface area contributed by atoms with Gasteiger partial charge in [-0.2, -0.15) is 8.42 Å². The lowest BCUT2D eigenvalue weighted by Gasteiger charge is -2.15. The molecule has 3 aromatic heterocycles. The predicted octanol–water partition coefficient (Wildman–Crippen LogP) is 10.1. The van der Waals surface area contributed by atoms with Crippen molar-refractivity contribution in [3.05, 3.63) is 180 Å². The zero-order chi connectivity index (χ0) is 35.2. The Morgan fingerprint density at radius 3 is 1.67 bits per heavy atom. The van der Waals surface area contributed by atoms with Crippen molar-refractivity contribution in [2.24, 2.45) is 0 Å². The number of rotatable bonds is 5. The summed E-state index contributed by atoms with van der Waals surface area (Å²) in [5, 5.41) is 0. The highest BCUT2D eigenvalue weighted by atomic mass is 32.2. The lowest BCUT2D eigenvalue weighted by atomic mass is 9.93. The molecular weight excluding hydrogens is 665 g/mol. The van der Waals surface area contributed by atoms with Gasteiger partial charge in [-0.05, 0) is 77.4 Å². The Kier molecular flexibility index (Phi) is 7.61. The number of hydrogen-bond acceptors (Lipinski definition) is 4. The standard InChI is InChI=1S/C44H30N4O3S/c49-52(50,51)44-39-28-35-24-23-33(46-35)25-32-21-22-34(45-32)26-36-27-38(29-13-5-1-6-14-29)42(47-36)40(30-15-7-2-8-16-30)43(41(44)31-17-9-3-10-18-31)48(39)37-19-11-4-12-20-37/h1-28,45H,(H,49,50,51). The summed E-state index contributed by atoms with van der Waals surface area (Å²) in [6.07, 6.45) is 5.79. The fourth-order valence-electron chi connectivity index (χ4n) is 7.06. The predicted molar refractivity (Wildman–Crippen MR) is 209 cm³/mol. The number of aromatic nitrogens is 4. The van der Waals surface area contributed by atoms with E-state index < -0.39 is 10.1 Å². The highest BCUT2D eigenvalue weighted by molar-refractivity contribution is 7.86. The SMILES string of the molecule is O=S(=O)(O)c1c(-c2ccccc2)c2c(-c3ccccc3)c3nc(cc4ccc(cc5nc(cc1n2-c1ccccc1)C=C5)[nH]4)C=C3c1ccccc1. The van der Waals surface area contributed by atoms with Gasteiger partial charge in [0.25, 0.3) is 10.1 Å². The van der Waals surface area contributed by atoms with Crippen LogP contribution < -0.4 is 0 Å². The Bertz CT molecular complexity index is 2840. The minimum absolute atomic E-state index is 0.225. The molecule has 9 rings (SSSR count). The first-order valence-corrected chi connectivity index (χ1v) is 18.2. The molecule has 0 amide bonds. The highest BCUT2D eigenvalue weighted by Crippen LogP contribution is 2.46. The van der Waals surface area contributed by atoms with E-state index in [1.165, 1.54) is 0 Å². The molecule has 0 radical (unpaired) electrons. The van der Waals surface area contributed by atoms with E-state index in [-0.39, 0.29) is 10.4 Å². The third-order valence-corrected chi connectivity index (χ3v) is 10.1. The molecule has 8 heteroatoms. The van der Waals surface area contributed by atoms with E-state index in [0.717, 1.165) is 33.4 Å². The van der Waals surface area contributed by atoms with Crippen molar-refractivity contribution in [3.8, 4) is 27.9 Å². The first kappa shape index (κ1) is 31.4. The molecule has 0 saturated heterocycles. The Labute approximate surface area is 300 Å². The largest absolute Gasteiger partial charge is 0.355 e. The number of fused-ring (bicyclic) bond motifs is 8. The van der Waals surface area contributed by atoms with Gasteiger partial charge in [0.2, 0.25) is 0 Å². The molecular formula is C44H30N4O3S. The quantitative estimate of drug-likeness (QED) is 0.175. The number of benzene rings is 4. The zero-order valence-corrected chi connectivity index (χ0v) is 28.5. The van der Waals surface area contributed by atoms with Crippen molar-refractivity contribution in [1.82, 2.24) is 19.5 Å². The van der Waals surface area contributed by atoms with Crippen molar-refractivity contribution in [2.75, 3.05) is 0 Å². The van der Waals surface area contributed by atoms with Crippen molar-refractivity contribution >= 4 is 56.0 Å². The second-order valence-electron chi connectivity index (χ2n) is 12.6. The third-order valence-electron chi connectivity index (χ3n) is 9.21. The molecule has 2 aliphatic heterocycles. The number of para-hydroxylation sites is 1. The monoisotopic (exact) mass is 694 g/mol. The smallest absolute Gasteiger partial charge is 0.297 e. The van der Waals surface area contributed by atoms with E-state index in [2.05, 4.69) is 11.1 Å². The first-order valence-electron chi connectivity index (χ1n) is 16.8. The maximum atomic E-state index is 13.9. The topological polar surface area (TPSA) is 101 Å². The highest BCUT2D eigenvalue weighted by Gasteiger charge is 2.31. The van der Waals surface area contributed by atoms with Gasteiger partial charge in [-0.15, -0.1) is 0 Å². The molecule has 0 aliphatic carbocycles. The fourth-order valence-corrected chi connectivity index (χ4v) is 7.94. The summed E-state index contributed by atoms with van der Waals surface area (Å²) in [5.41, 5.74) is 10.1. The average molecular weight is 695 g/mol.